The molecule has 1 rings (SSSR count). The molecule has 1 aliphatic rings. The van der Waals surface area contributed by atoms with Gasteiger partial charge in [-0.1, -0.05) is 0 Å². The second-order valence-corrected chi connectivity index (χ2v) is 1.93. The SMILES string of the molecule is C[C@@H]1COCCN1.Cl. The van der Waals surface area contributed by atoms with Crippen LogP contribution in [0.1, 0.15) is 6.92 Å². The first-order valence-electron chi connectivity index (χ1n) is 2.71. The number of hydrogen-bond acceptors (Lipinski definition) is 2. The van der Waals surface area contributed by atoms with Gasteiger partial charge in [-0.15, -0.1) is 12.4 Å². The van der Waals surface area contributed by atoms with Crippen molar-refractivity contribution in [3.8, 4) is 0 Å². The molecule has 0 saturated carbocycles. The lowest BCUT2D eigenvalue weighted by Gasteiger charge is -2.19. The first kappa shape index (κ1) is 8.21. The third-order valence-corrected chi connectivity index (χ3v) is 1.11. The maximum absolute atomic E-state index is 5.12. The summed E-state index contributed by atoms with van der Waals surface area (Å²) in [6, 6.07) is 0.564. The predicted molar refractivity (Wildman–Crippen MR) is 35.5 cm³/mol. The number of ether oxygens (including phenoxy) is 1. The van der Waals surface area contributed by atoms with E-state index in [2.05, 4.69) is 12.2 Å². The van der Waals surface area contributed by atoms with E-state index < -0.39 is 0 Å². The van der Waals surface area contributed by atoms with Crippen molar-refractivity contribution in [2.45, 2.75) is 13.0 Å². The van der Waals surface area contributed by atoms with Gasteiger partial charge in [0.1, 0.15) is 0 Å². The second kappa shape index (κ2) is 4.13. The van der Waals surface area contributed by atoms with E-state index in [1.165, 1.54) is 0 Å². The molecule has 1 N–H and O–H groups in total. The largest absolute Gasteiger partial charge is 0.379 e. The predicted octanol–water partition coefficient (Wildman–Crippen LogP) is 0.416. The monoisotopic (exact) mass is 137 g/mol. The third kappa shape index (κ3) is 2.50. The molecule has 1 saturated heterocycles. The lowest BCUT2D eigenvalue weighted by atomic mass is 10.3. The zero-order valence-corrected chi connectivity index (χ0v) is 5.83. The number of nitrogens with one attached hydrogen (secondary N) is 1. The molecule has 8 heavy (non-hydrogen) atoms. The Labute approximate surface area is 56.0 Å². The normalized spacial score (nSPS) is 28.9. The van der Waals surface area contributed by atoms with Crippen molar-refractivity contribution in [1.82, 2.24) is 5.32 Å². The van der Waals surface area contributed by atoms with Crippen LogP contribution in [0.2, 0.25) is 0 Å². The fourth-order valence-corrected chi connectivity index (χ4v) is 0.697. The van der Waals surface area contributed by atoms with Crippen molar-refractivity contribution in [3.05, 3.63) is 0 Å². The van der Waals surface area contributed by atoms with Crippen LogP contribution in [0.3, 0.4) is 0 Å². The van der Waals surface area contributed by atoms with Gasteiger partial charge in [-0.25, -0.2) is 0 Å². The summed E-state index contributed by atoms with van der Waals surface area (Å²) in [5.74, 6) is 0. The quantitative estimate of drug-likeness (QED) is 0.523. The highest BCUT2D eigenvalue weighted by atomic mass is 35.5. The Morgan fingerprint density at radius 3 is 2.62 bits per heavy atom. The van der Waals surface area contributed by atoms with Gasteiger partial charge >= 0.3 is 0 Å². The summed E-state index contributed by atoms with van der Waals surface area (Å²) < 4.78 is 5.12. The van der Waals surface area contributed by atoms with E-state index in [9.17, 15) is 0 Å². The molecular weight excluding hydrogens is 126 g/mol. The van der Waals surface area contributed by atoms with Gasteiger partial charge in [0.15, 0.2) is 0 Å². The summed E-state index contributed by atoms with van der Waals surface area (Å²) in [5.41, 5.74) is 0. The van der Waals surface area contributed by atoms with Gasteiger partial charge in [0, 0.05) is 12.6 Å². The molecular formula is C5H12ClNO. The van der Waals surface area contributed by atoms with Crippen LogP contribution in [0.4, 0.5) is 0 Å². The van der Waals surface area contributed by atoms with E-state index in [1.807, 2.05) is 0 Å². The molecule has 50 valence electrons. The minimum absolute atomic E-state index is 0. The van der Waals surface area contributed by atoms with Gasteiger partial charge in [0.05, 0.1) is 13.2 Å². The fourth-order valence-electron chi connectivity index (χ4n) is 0.697. The van der Waals surface area contributed by atoms with E-state index in [0.29, 0.717) is 6.04 Å². The molecule has 0 spiro atoms. The molecule has 0 amide bonds. The highest BCUT2D eigenvalue weighted by molar-refractivity contribution is 5.85. The van der Waals surface area contributed by atoms with Crippen LogP contribution in [0.15, 0.2) is 0 Å². The number of rotatable bonds is 0. The zero-order chi connectivity index (χ0) is 5.11. The van der Waals surface area contributed by atoms with Gasteiger partial charge in [0.2, 0.25) is 0 Å². The van der Waals surface area contributed by atoms with E-state index in [4.69, 9.17) is 4.74 Å². The molecule has 1 aliphatic heterocycles. The standard InChI is InChI=1S/C5H11NO.ClH/c1-5-4-7-3-2-6-5;/h5-6H,2-4H2,1H3;1H/t5-;/m1./s1. The van der Waals surface area contributed by atoms with Gasteiger partial charge < -0.3 is 10.1 Å². The molecule has 1 fully saturated rings. The molecule has 0 aromatic rings. The summed E-state index contributed by atoms with van der Waals surface area (Å²) in [6.45, 7) is 4.89. The van der Waals surface area contributed by atoms with Crippen LogP contribution in [-0.4, -0.2) is 25.8 Å². The Morgan fingerprint density at radius 2 is 2.38 bits per heavy atom. The Balaban J connectivity index is 0.000000490. The van der Waals surface area contributed by atoms with Crippen molar-refractivity contribution in [2.75, 3.05) is 19.8 Å². The van der Waals surface area contributed by atoms with Gasteiger partial charge in [-0.2, -0.15) is 0 Å². The number of halogens is 1. The van der Waals surface area contributed by atoms with Crippen molar-refractivity contribution in [1.29, 1.82) is 0 Å². The summed E-state index contributed by atoms with van der Waals surface area (Å²) in [4.78, 5) is 0. The Morgan fingerprint density at radius 1 is 1.62 bits per heavy atom. The second-order valence-electron chi connectivity index (χ2n) is 1.93. The Hall–Kier alpha value is 0.210. The number of hydrogen-bond donors (Lipinski definition) is 1. The topological polar surface area (TPSA) is 21.3 Å². The van der Waals surface area contributed by atoms with E-state index in [0.717, 1.165) is 19.8 Å². The molecule has 1 atom stereocenters. The first-order chi connectivity index (χ1) is 3.39. The molecule has 0 aliphatic carbocycles. The van der Waals surface area contributed by atoms with Crippen LogP contribution < -0.4 is 5.32 Å². The van der Waals surface area contributed by atoms with Crippen LogP contribution >= 0.6 is 12.4 Å². The van der Waals surface area contributed by atoms with Crippen LogP contribution in [0.5, 0.6) is 0 Å². The van der Waals surface area contributed by atoms with Crippen LogP contribution in [-0.2, 0) is 4.74 Å². The Kier molecular flexibility index (Phi) is 4.23. The van der Waals surface area contributed by atoms with Gasteiger partial charge in [-0.3, -0.25) is 0 Å². The average Bonchev–Trinajstić information content (AvgIpc) is 1.69. The molecule has 2 nitrogen and oxygen atoms in total. The summed E-state index contributed by atoms with van der Waals surface area (Å²) in [7, 11) is 0. The fraction of sp³-hybridized carbons (Fsp3) is 1.00. The highest BCUT2D eigenvalue weighted by Gasteiger charge is 2.04. The summed E-state index contributed by atoms with van der Waals surface area (Å²) in [6.07, 6.45) is 0. The van der Waals surface area contributed by atoms with Crippen molar-refractivity contribution in [2.24, 2.45) is 0 Å². The van der Waals surface area contributed by atoms with E-state index in [1.54, 1.807) is 0 Å². The summed E-state index contributed by atoms with van der Waals surface area (Å²) in [5, 5.41) is 3.26. The maximum atomic E-state index is 5.12. The van der Waals surface area contributed by atoms with Gasteiger partial charge in [0.25, 0.3) is 0 Å². The molecule has 0 unspecified atom stereocenters. The van der Waals surface area contributed by atoms with E-state index in [-0.39, 0.29) is 12.4 Å². The van der Waals surface area contributed by atoms with Crippen molar-refractivity contribution < 1.29 is 4.74 Å². The molecule has 0 bridgehead atoms. The molecule has 1 heterocycles. The van der Waals surface area contributed by atoms with Crippen molar-refractivity contribution in [3.63, 3.8) is 0 Å². The minimum Gasteiger partial charge on any atom is -0.379 e. The number of morpholine rings is 1. The first-order valence-corrected chi connectivity index (χ1v) is 2.71. The minimum atomic E-state index is 0. The van der Waals surface area contributed by atoms with Crippen LogP contribution in [0, 0.1) is 0 Å². The molecule has 0 aromatic heterocycles. The molecule has 0 radical (unpaired) electrons. The molecule has 0 aromatic carbocycles. The lowest BCUT2D eigenvalue weighted by molar-refractivity contribution is 0.0824. The van der Waals surface area contributed by atoms with Crippen molar-refractivity contribution >= 4 is 12.4 Å². The maximum Gasteiger partial charge on any atom is 0.0617 e. The van der Waals surface area contributed by atoms with Gasteiger partial charge in [-0.05, 0) is 6.92 Å². The third-order valence-electron chi connectivity index (χ3n) is 1.11. The summed E-state index contributed by atoms with van der Waals surface area (Å²) >= 11 is 0. The van der Waals surface area contributed by atoms with E-state index >= 15 is 0 Å². The smallest absolute Gasteiger partial charge is 0.0617 e. The average molecular weight is 138 g/mol. The highest BCUT2D eigenvalue weighted by Crippen LogP contribution is 1.88. The Bertz CT molecular complexity index is 54.4. The van der Waals surface area contributed by atoms with Crippen LogP contribution in [0.25, 0.3) is 0 Å². The zero-order valence-electron chi connectivity index (χ0n) is 5.02. The molecule has 3 heteroatoms. The lowest BCUT2D eigenvalue weighted by Crippen LogP contribution is -2.38.